The molecule has 5 heteroatoms. The van der Waals surface area contributed by atoms with E-state index in [4.69, 9.17) is 5.11 Å². The topological polar surface area (TPSA) is 60.1 Å². The van der Waals surface area contributed by atoms with Gasteiger partial charge in [-0.05, 0) is 31.0 Å². The molecule has 0 bridgehead atoms. The summed E-state index contributed by atoms with van der Waals surface area (Å²) < 4.78 is 3.62. The zero-order valence-corrected chi connectivity index (χ0v) is 9.50. The van der Waals surface area contributed by atoms with Crippen molar-refractivity contribution >= 4 is 5.97 Å². The lowest BCUT2D eigenvalue weighted by Crippen LogP contribution is -2.08. The number of aryl methyl sites for hydroxylation is 1. The number of carbonyl (C=O) groups is 1. The van der Waals surface area contributed by atoms with Crippen LogP contribution in [0.3, 0.4) is 0 Å². The van der Waals surface area contributed by atoms with Gasteiger partial charge in [-0.15, -0.1) is 0 Å². The Morgan fingerprint density at radius 3 is 2.71 bits per heavy atom. The summed E-state index contributed by atoms with van der Waals surface area (Å²) in [7, 11) is 1.85. The van der Waals surface area contributed by atoms with Crippen molar-refractivity contribution in [2.45, 2.75) is 18.9 Å². The van der Waals surface area contributed by atoms with E-state index < -0.39 is 5.97 Å². The average Bonchev–Trinajstić information content (AvgIpc) is 2.87. The van der Waals surface area contributed by atoms with Crippen LogP contribution in [0.1, 0.15) is 29.4 Å². The van der Waals surface area contributed by atoms with Crippen LogP contribution < -0.4 is 0 Å². The van der Waals surface area contributed by atoms with Gasteiger partial charge < -0.3 is 9.67 Å². The van der Waals surface area contributed by atoms with Crippen molar-refractivity contribution in [3.8, 4) is 11.4 Å². The quantitative estimate of drug-likeness (QED) is 0.877. The third-order valence-electron chi connectivity index (χ3n) is 3.03. The predicted octanol–water partition coefficient (Wildman–Crippen LogP) is 1.92. The van der Waals surface area contributed by atoms with Gasteiger partial charge in [0.05, 0.1) is 5.69 Å². The summed E-state index contributed by atoms with van der Waals surface area (Å²) >= 11 is 0. The smallest absolute Gasteiger partial charge is 0.352 e. The Balaban J connectivity index is 2.13. The second-order valence-corrected chi connectivity index (χ2v) is 4.38. The van der Waals surface area contributed by atoms with Gasteiger partial charge in [0.15, 0.2) is 0 Å². The molecule has 2 aromatic heterocycles. The summed E-state index contributed by atoms with van der Waals surface area (Å²) in [4.78, 5) is 11.2. The van der Waals surface area contributed by atoms with Crippen LogP contribution in [0.2, 0.25) is 0 Å². The molecule has 88 valence electrons. The van der Waals surface area contributed by atoms with Crippen molar-refractivity contribution in [3.05, 3.63) is 30.1 Å². The van der Waals surface area contributed by atoms with Crippen LogP contribution in [0.4, 0.5) is 0 Å². The average molecular weight is 231 g/mol. The molecule has 3 rings (SSSR count). The summed E-state index contributed by atoms with van der Waals surface area (Å²) in [5.74, 6) is -0.876. The fourth-order valence-electron chi connectivity index (χ4n) is 2.11. The van der Waals surface area contributed by atoms with Crippen molar-refractivity contribution in [3.63, 3.8) is 0 Å². The van der Waals surface area contributed by atoms with Gasteiger partial charge in [0.2, 0.25) is 0 Å². The van der Waals surface area contributed by atoms with Crippen molar-refractivity contribution in [1.82, 2.24) is 14.3 Å². The van der Waals surface area contributed by atoms with Gasteiger partial charge in [0.1, 0.15) is 11.4 Å². The standard InChI is InChI=1S/C12H13N3O2/c1-14-7-6-9(13-14)10-4-5-11(12(16)17)15(10)8-2-3-8/h4-8H,2-3H2,1H3,(H,16,17). The Kier molecular flexibility index (Phi) is 2.07. The van der Waals surface area contributed by atoms with E-state index in [9.17, 15) is 4.79 Å². The van der Waals surface area contributed by atoms with Crippen molar-refractivity contribution < 1.29 is 9.90 Å². The molecule has 0 spiro atoms. The molecular weight excluding hydrogens is 218 g/mol. The second kappa shape index (κ2) is 3.48. The van der Waals surface area contributed by atoms with Gasteiger partial charge in [-0.2, -0.15) is 5.10 Å². The van der Waals surface area contributed by atoms with E-state index in [0.717, 1.165) is 24.2 Å². The number of carboxylic acids is 1. The van der Waals surface area contributed by atoms with Crippen LogP contribution in [0.5, 0.6) is 0 Å². The third-order valence-corrected chi connectivity index (χ3v) is 3.03. The highest BCUT2D eigenvalue weighted by molar-refractivity contribution is 5.87. The van der Waals surface area contributed by atoms with Gasteiger partial charge in [-0.1, -0.05) is 0 Å². The van der Waals surface area contributed by atoms with Crippen LogP contribution in [-0.4, -0.2) is 25.4 Å². The first-order chi connectivity index (χ1) is 8.16. The van der Waals surface area contributed by atoms with Gasteiger partial charge in [-0.25, -0.2) is 4.79 Å². The number of hydrogen-bond acceptors (Lipinski definition) is 2. The SMILES string of the molecule is Cn1ccc(-c2ccc(C(=O)O)n2C2CC2)n1. The van der Waals surface area contributed by atoms with Gasteiger partial charge in [0, 0.05) is 19.3 Å². The van der Waals surface area contributed by atoms with E-state index >= 15 is 0 Å². The number of rotatable bonds is 3. The molecule has 1 aliphatic carbocycles. The van der Waals surface area contributed by atoms with E-state index in [2.05, 4.69) is 5.10 Å². The van der Waals surface area contributed by atoms with E-state index in [-0.39, 0.29) is 0 Å². The second-order valence-electron chi connectivity index (χ2n) is 4.38. The minimum absolute atomic E-state index is 0.327. The van der Waals surface area contributed by atoms with Crippen LogP contribution in [-0.2, 0) is 7.05 Å². The summed E-state index contributed by atoms with van der Waals surface area (Å²) in [6.07, 6.45) is 3.96. The molecular formula is C12H13N3O2. The molecule has 1 aliphatic rings. The van der Waals surface area contributed by atoms with Gasteiger partial charge >= 0.3 is 5.97 Å². The number of aromatic nitrogens is 3. The number of carboxylic acid groups (broad SMARTS) is 1. The Bertz CT molecular complexity index is 578. The number of nitrogens with zero attached hydrogens (tertiary/aromatic N) is 3. The molecule has 1 N–H and O–H groups in total. The van der Waals surface area contributed by atoms with Gasteiger partial charge in [0.25, 0.3) is 0 Å². The fraction of sp³-hybridized carbons (Fsp3) is 0.333. The van der Waals surface area contributed by atoms with Crippen molar-refractivity contribution in [1.29, 1.82) is 0 Å². The molecule has 0 radical (unpaired) electrons. The van der Waals surface area contributed by atoms with E-state index in [1.807, 2.05) is 29.9 Å². The lowest BCUT2D eigenvalue weighted by atomic mass is 10.3. The Labute approximate surface area is 98.3 Å². The van der Waals surface area contributed by atoms with Gasteiger partial charge in [-0.3, -0.25) is 4.68 Å². The lowest BCUT2D eigenvalue weighted by molar-refractivity contribution is 0.0685. The highest BCUT2D eigenvalue weighted by Gasteiger charge is 2.30. The number of aromatic carboxylic acids is 1. The van der Waals surface area contributed by atoms with E-state index in [0.29, 0.717) is 11.7 Å². The number of hydrogen-bond donors (Lipinski definition) is 1. The molecule has 2 heterocycles. The molecule has 5 nitrogen and oxygen atoms in total. The van der Waals surface area contributed by atoms with Crippen molar-refractivity contribution in [2.24, 2.45) is 7.05 Å². The summed E-state index contributed by atoms with van der Waals surface area (Å²) in [6.45, 7) is 0. The minimum Gasteiger partial charge on any atom is -0.477 e. The monoisotopic (exact) mass is 231 g/mol. The van der Waals surface area contributed by atoms with Crippen LogP contribution in [0.15, 0.2) is 24.4 Å². The zero-order chi connectivity index (χ0) is 12.0. The minimum atomic E-state index is -0.876. The summed E-state index contributed by atoms with van der Waals surface area (Å²) in [5, 5.41) is 13.5. The molecule has 0 aliphatic heterocycles. The third kappa shape index (κ3) is 1.63. The molecule has 2 aromatic rings. The molecule has 1 saturated carbocycles. The largest absolute Gasteiger partial charge is 0.477 e. The first-order valence-corrected chi connectivity index (χ1v) is 5.61. The predicted molar refractivity (Wildman–Crippen MR) is 61.9 cm³/mol. The highest BCUT2D eigenvalue weighted by atomic mass is 16.4. The van der Waals surface area contributed by atoms with E-state index in [1.165, 1.54) is 0 Å². The summed E-state index contributed by atoms with van der Waals surface area (Å²) in [5.41, 5.74) is 2.07. The molecule has 0 amide bonds. The van der Waals surface area contributed by atoms with E-state index in [1.54, 1.807) is 10.7 Å². The molecule has 17 heavy (non-hydrogen) atoms. The van der Waals surface area contributed by atoms with Crippen LogP contribution in [0, 0.1) is 0 Å². The maximum atomic E-state index is 11.2. The van der Waals surface area contributed by atoms with Crippen LogP contribution >= 0.6 is 0 Å². The summed E-state index contributed by atoms with van der Waals surface area (Å²) in [6, 6.07) is 5.72. The van der Waals surface area contributed by atoms with Crippen LogP contribution in [0.25, 0.3) is 11.4 Å². The first-order valence-electron chi connectivity index (χ1n) is 5.61. The maximum absolute atomic E-state index is 11.2. The maximum Gasteiger partial charge on any atom is 0.352 e. The highest BCUT2D eigenvalue weighted by Crippen LogP contribution is 2.40. The zero-order valence-electron chi connectivity index (χ0n) is 9.50. The lowest BCUT2D eigenvalue weighted by Gasteiger charge is -2.08. The normalized spacial score (nSPS) is 15.1. The molecule has 0 atom stereocenters. The fourth-order valence-corrected chi connectivity index (χ4v) is 2.11. The molecule has 0 aromatic carbocycles. The Morgan fingerprint density at radius 2 is 2.18 bits per heavy atom. The molecule has 0 saturated heterocycles. The molecule has 1 fully saturated rings. The molecule has 0 unspecified atom stereocenters. The Morgan fingerprint density at radius 1 is 1.41 bits per heavy atom. The first kappa shape index (κ1) is 10.1. The van der Waals surface area contributed by atoms with Crippen molar-refractivity contribution in [2.75, 3.05) is 0 Å². The Hall–Kier alpha value is -2.04.